The number of hydrogen-bond donors (Lipinski definition) is 1. The molecule has 0 saturated carbocycles. The molecule has 0 aliphatic carbocycles. The monoisotopic (exact) mass is 643 g/mol. The molecule has 35 heavy (non-hydrogen) atoms. The van der Waals surface area contributed by atoms with Crippen LogP contribution in [0.25, 0.3) is 0 Å². The fraction of sp³-hybridized carbons (Fsp3) is 0.0455. The molecular formula is C22H13Br2Cl2N3O6. The van der Waals surface area contributed by atoms with E-state index in [0.717, 1.165) is 16.8 Å². The van der Waals surface area contributed by atoms with E-state index in [0.29, 0.717) is 5.02 Å². The van der Waals surface area contributed by atoms with Crippen LogP contribution in [-0.2, 0) is 4.79 Å². The van der Waals surface area contributed by atoms with Crippen LogP contribution < -0.4 is 14.9 Å². The second-order valence-corrected chi connectivity index (χ2v) is 9.27. The second-order valence-electron chi connectivity index (χ2n) is 6.66. The van der Waals surface area contributed by atoms with Crippen LogP contribution in [0.4, 0.5) is 5.69 Å². The molecule has 0 aliphatic rings. The number of hydrogen-bond acceptors (Lipinski definition) is 7. The van der Waals surface area contributed by atoms with Gasteiger partial charge in [0, 0.05) is 27.2 Å². The van der Waals surface area contributed by atoms with Gasteiger partial charge in [0.15, 0.2) is 12.4 Å². The normalized spacial score (nSPS) is 10.7. The molecule has 0 spiro atoms. The van der Waals surface area contributed by atoms with Gasteiger partial charge in [0.05, 0.1) is 26.2 Å². The maximum Gasteiger partial charge on any atom is 0.343 e. The van der Waals surface area contributed by atoms with Crippen LogP contribution in [0, 0.1) is 10.1 Å². The van der Waals surface area contributed by atoms with Gasteiger partial charge in [-0.25, -0.2) is 10.2 Å². The molecule has 0 bridgehead atoms. The van der Waals surface area contributed by atoms with Crippen LogP contribution in [0.5, 0.6) is 11.5 Å². The molecule has 0 radical (unpaired) electrons. The summed E-state index contributed by atoms with van der Waals surface area (Å²) < 4.78 is 11.7. The van der Waals surface area contributed by atoms with Crippen molar-refractivity contribution >= 4 is 78.8 Å². The van der Waals surface area contributed by atoms with Crippen molar-refractivity contribution in [2.24, 2.45) is 5.10 Å². The van der Waals surface area contributed by atoms with Crippen molar-refractivity contribution < 1.29 is 24.0 Å². The Morgan fingerprint density at radius 3 is 2.46 bits per heavy atom. The molecule has 0 aliphatic heterocycles. The van der Waals surface area contributed by atoms with Crippen LogP contribution in [0.15, 0.2) is 68.6 Å². The van der Waals surface area contributed by atoms with E-state index in [4.69, 9.17) is 32.7 Å². The van der Waals surface area contributed by atoms with Gasteiger partial charge in [-0.2, -0.15) is 5.10 Å². The highest BCUT2D eigenvalue weighted by molar-refractivity contribution is 9.10. The lowest BCUT2D eigenvalue weighted by molar-refractivity contribution is -0.385. The molecule has 0 saturated heterocycles. The number of nitrogens with one attached hydrogen (secondary N) is 1. The molecule has 3 rings (SSSR count). The minimum atomic E-state index is -0.695. The standard InChI is InChI=1S/C22H13Br2Cl2N3O6/c23-14-3-1-12(2-4-14)22(31)35-21-13(7-16(29(32)33)9-17(21)24)10-27-28-20(30)11-34-19-6-5-15(25)8-18(19)26/h1-10H,11H2,(H,28,30)/b27-10-. The van der Waals surface area contributed by atoms with E-state index in [2.05, 4.69) is 42.4 Å². The Balaban J connectivity index is 1.74. The van der Waals surface area contributed by atoms with Crippen molar-refractivity contribution in [1.29, 1.82) is 0 Å². The van der Waals surface area contributed by atoms with Crippen LogP contribution in [0.3, 0.4) is 0 Å². The Labute approximate surface area is 225 Å². The minimum Gasteiger partial charge on any atom is -0.482 e. The summed E-state index contributed by atoms with van der Waals surface area (Å²) in [7, 11) is 0. The average molecular weight is 646 g/mol. The molecule has 3 aromatic rings. The molecule has 180 valence electrons. The number of nitro groups is 1. The predicted octanol–water partition coefficient (Wildman–Crippen LogP) is 6.17. The van der Waals surface area contributed by atoms with Crippen LogP contribution in [-0.4, -0.2) is 29.6 Å². The quantitative estimate of drug-likeness (QED) is 0.103. The zero-order valence-electron chi connectivity index (χ0n) is 17.3. The fourth-order valence-corrected chi connectivity index (χ4v) is 3.86. The summed E-state index contributed by atoms with van der Waals surface area (Å²) in [6.07, 6.45) is 1.11. The average Bonchev–Trinajstić information content (AvgIpc) is 2.80. The second kappa shape index (κ2) is 12.1. The van der Waals surface area contributed by atoms with E-state index in [1.165, 1.54) is 18.2 Å². The molecule has 0 aromatic heterocycles. The van der Waals surface area contributed by atoms with Gasteiger partial charge >= 0.3 is 5.97 Å². The Hall–Kier alpha value is -2.99. The first kappa shape index (κ1) is 26.6. The molecule has 0 unspecified atom stereocenters. The van der Waals surface area contributed by atoms with E-state index in [1.807, 2.05) is 0 Å². The summed E-state index contributed by atoms with van der Waals surface area (Å²) in [5, 5.41) is 15.7. The third kappa shape index (κ3) is 7.49. The number of hydrazone groups is 1. The lowest BCUT2D eigenvalue weighted by Gasteiger charge is -2.10. The molecule has 3 aromatic carbocycles. The molecular weight excluding hydrogens is 633 g/mol. The third-order valence-corrected chi connectivity index (χ3v) is 5.84. The molecule has 0 fully saturated rings. The number of nitro benzene ring substituents is 1. The van der Waals surface area contributed by atoms with Gasteiger partial charge in [-0.15, -0.1) is 0 Å². The zero-order chi connectivity index (χ0) is 25.5. The van der Waals surface area contributed by atoms with Gasteiger partial charge in [0.1, 0.15) is 5.75 Å². The highest BCUT2D eigenvalue weighted by atomic mass is 79.9. The number of carbonyl (C=O) groups is 2. The van der Waals surface area contributed by atoms with Crippen LogP contribution >= 0.6 is 55.1 Å². The van der Waals surface area contributed by atoms with Crippen LogP contribution in [0.2, 0.25) is 10.0 Å². The van der Waals surface area contributed by atoms with Crippen molar-refractivity contribution in [1.82, 2.24) is 5.43 Å². The molecule has 13 heteroatoms. The van der Waals surface area contributed by atoms with E-state index in [1.54, 1.807) is 30.3 Å². The fourth-order valence-electron chi connectivity index (χ4n) is 2.59. The van der Waals surface area contributed by atoms with Gasteiger partial charge in [-0.05, 0) is 58.4 Å². The zero-order valence-corrected chi connectivity index (χ0v) is 22.0. The number of ether oxygens (including phenoxy) is 2. The summed E-state index contributed by atoms with van der Waals surface area (Å²) >= 11 is 18.3. The first-order valence-corrected chi connectivity index (χ1v) is 11.8. The van der Waals surface area contributed by atoms with Gasteiger partial charge in [-0.3, -0.25) is 14.9 Å². The van der Waals surface area contributed by atoms with E-state index >= 15 is 0 Å². The van der Waals surface area contributed by atoms with Crippen molar-refractivity contribution in [2.75, 3.05) is 6.61 Å². The topological polar surface area (TPSA) is 120 Å². The Kier molecular flexibility index (Phi) is 9.21. The van der Waals surface area contributed by atoms with Crippen molar-refractivity contribution in [2.45, 2.75) is 0 Å². The number of amides is 1. The van der Waals surface area contributed by atoms with E-state index < -0.39 is 23.4 Å². The molecule has 1 amide bonds. The largest absolute Gasteiger partial charge is 0.482 e. The van der Waals surface area contributed by atoms with Crippen molar-refractivity contribution in [3.8, 4) is 11.5 Å². The lowest BCUT2D eigenvalue weighted by atomic mass is 10.2. The van der Waals surface area contributed by atoms with Gasteiger partial charge < -0.3 is 9.47 Å². The maximum absolute atomic E-state index is 12.6. The Bertz CT molecular complexity index is 1320. The van der Waals surface area contributed by atoms with Crippen LogP contribution in [0.1, 0.15) is 15.9 Å². The predicted molar refractivity (Wildman–Crippen MR) is 138 cm³/mol. The molecule has 0 heterocycles. The maximum atomic E-state index is 12.6. The Morgan fingerprint density at radius 2 is 1.80 bits per heavy atom. The third-order valence-electron chi connectivity index (χ3n) is 4.19. The number of benzene rings is 3. The molecule has 1 N–H and O–H groups in total. The van der Waals surface area contributed by atoms with Crippen molar-refractivity contribution in [3.63, 3.8) is 0 Å². The smallest absolute Gasteiger partial charge is 0.343 e. The van der Waals surface area contributed by atoms with Crippen molar-refractivity contribution in [3.05, 3.63) is 94.8 Å². The van der Waals surface area contributed by atoms with E-state index in [-0.39, 0.29) is 37.8 Å². The Morgan fingerprint density at radius 1 is 1.09 bits per heavy atom. The number of rotatable bonds is 8. The first-order valence-electron chi connectivity index (χ1n) is 9.49. The highest BCUT2D eigenvalue weighted by Crippen LogP contribution is 2.33. The first-order chi connectivity index (χ1) is 16.6. The van der Waals surface area contributed by atoms with Gasteiger partial charge in [0.2, 0.25) is 0 Å². The summed E-state index contributed by atoms with van der Waals surface area (Å²) in [5.41, 5.74) is 2.27. The number of halogens is 4. The number of esters is 1. The summed E-state index contributed by atoms with van der Waals surface area (Å²) in [6.45, 7) is -0.414. The lowest BCUT2D eigenvalue weighted by Crippen LogP contribution is -2.24. The van der Waals surface area contributed by atoms with E-state index in [9.17, 15) is 19.7 Å². The number of carbonyl (C=O) groups excluding carboxylic acids is 2. The molecule has 0 atom stereocenters. The summed E-state index contributed by atoms with van der Waals surface area (Å²) in [5.74, 6) is -1.10. The molecule has 9 nitrogen and oxygen atoms in total. The van der Waals surface area contributed by atoms with Gasteiger partial charge in [-0.1, -0.05) is 39.1 Å². The minimum absolute atomic E-state index is 0.0225. The van der Waals surface area contributed by atoms with Gasteiger partial charge in [0.25, 0.3) is 11.6 Å². The summed E-state index contributed by atoms with van der Waals surface area (Å²) in [6, 6.07) is 13.3. The summed E-state index contributed by atoms with van der Waals surface area (Å²) in [4.78, 5) is 35.3. The number of nitrogens with zero attached hydrogens (tertiary/aromatic N) is 2. The highest BCUT2D eigenvalue weighted by Gasteiger charge is 2.19. The SMILES string of the molecule is O=C(COc1ccc(Cl)cc1Cl)N/N=C\c1cc([N+](=O)[O-])cc(Br)c1OC(=O)c1ccc(Br)cc1. The number of non-ortho nitro benzene ring substituents is 1.